The second kappa shape index (κ2) is 5.79. The molecule has 0 radical (unpaired) electrons. The summed E-state index contributed by atoms with van der Waals surface area (Å²) in [6, 6.07) is 9.95. The van der Waals surface area contributed by atoms with Gasteiger partial charge in [0.2, 0.25) is 0 Å². The quantitative estimate of drug-likeness (QED) is 0.944. The van der Waals surface area contributed by atoms with E-state index in [0.29, 0.717) is 11.9 Å². The highest BCUT2D eigenvalue weighted by molar-refractivity contribution is 7.99. The normalized spacial score (nSPS) is 16.2. The van der Waals surface area contributed by atoms with E-state index in [2.05, 4.69) is 5.10 Å². The molecule has 0 spiro atoms. The maximum absolute atomic E-state index is 6.19. The number of benzene rings is 1. The Labute approximate surface area is 123 Å². The van der Waals surface area contributed by atoms with Crippen LogP contribution in [0.15, 0.2) is 30.3 Å². The number of hydrogen-bond acceptors (Lipinski definition) is 4. The van der Waals surface area contributed by atoms with Crippen molar-refractivity contribution < 1.29 is 4.74 Å². The topological polar surface area (TPSA) is 53.1 Å². The first-order chi connectivity index (χ1) is 9.74. The van der Waals surface area contributed by atoms with Gasteiger partial charge < -0.3 is 10.5 Å². The van der Waals surface area contributed by atoms with Crippen molar-refractivity contribution in [2.75, 3.05) is 17.2 Å². The molecule has 1 saturated heterocycles. The summed E-state index contributed by atoms with van der Waals surface area (Å²) in [5.74, 6) is 3.93. The van der Waals surface area contributed by atoms with Crippen LogP contribution in [0.2, 0.25) is 0 Å². The van der Waals surface area contributed by atoms with E-state index in [1.165, 1.54) is 11.5 Å². The van der Waals surface area contributed by atoms with E-state index in [-0.39, 0.29) is 0 Å². The van der Waals surface area contributed by atoms with Gasteiger partial charge in [0.25, 0.3) is 0 Å². The van der Waals surface area contributed by atoms with E-state index in [0.717, 1.165) is 29.8 Å². The van der Waals surface area contributed by atoms with Gasteiger partial charge in [0.05, 0.1) is 5.69 Å². The van der Waals surface area contributed by atoms with E-state index < -0.39 is 0 Å². The number of ether oxygens (including phenoxy) is 1. The summed E-state index contributed by atoms with van der Waals surface area (Å²) in [6.45, 7) is 0. The van der Waals surface area contributed by atoms with Crippen LogP contribution in [0.3, 0.4) is 0 Å². The number of nitrogens with two attached hydrogens (primary N) is 1. The number of rotatable bonds is 3. The number of nitrogens with zero attached hydrogens (tertiary/aromatic N) is 2. The van der Waals surface area contributed by atoms with Crippen molar-refractivity contribution in [3.63, 3.8) is 0 Å². The Hall–Kier alpha value is -1.62. The van der Waals surface area contributed by atoms with Gasteiger partial charge in [0.15, 0.2) is 0 Å². The molecule has 106 valence electrons. The Balaban J connectivity index is 1.87. The molecule has 0 aliphatic carbocycles. The van der Waals surface area contributed by atoms with Crippen LogP contribution in [0.1, 0.15) is 12.8 Å². The Kier molecular flexibility index (Phi) is 3.87. The lowest BCUT2D eigenvalue weighted by molar-refractivity contribution is 0.193. The van der Waals surface area contributed by atoms with Crippen LogP contribution < -0.4 is 10.5 Å². The molecule has 2 heterocycles. The summed E-state index contributed by atoms with van der Waals surface area (Å²) >= 11 is 2.00. The van der Waals surface area contributed by atoms with Gasteiger partial charge in [0, 0.05) is 18.7 Å². The van der Waals surface area contributed by atoms with E-state index in [9.17, 15) is 0 Å². The van der Waals surface area contributed by atoms with Gasteiger partial charge in [-0.3, -0.25) is 4.68 Å². The fourth-order valence-corrected chi connectivity index (χ4v) is 3.43. The standard InChI is InChI=1S/C15H19N3OS/c1-18-15(16)10-13(17-18)12-4-2-3-5-14(12)19-11-6-8-20-9-7-11/h2-5,10-11H,6-9,16H2,1H3. The van der Waals surface area contributed by atoms with Crippen LogP contribution in [0.5, 0.6) is 5.75 Å². The third-order valence-electron chi connectivity index (χ3n) is 3.54. The Morgan fingerprint density at radius 2 is 2.05 bits per heavy atom. The monoisotopic (exact) mass is 289 g/mol. The van der Waals surface area contributed by atoms with E-state index in [1.54, 1.807) is 4.68 Å². The molecule has 1 fully saturated rings. The van der Waals surface area contributed by atoms with Gasteiger partial charge in [-0.1, -0.05) is 12.1 Å². The van der Waals surface area contributed by atoms with Crippen molar-refractivity contribution in [1.82, 2.24) is 9.78 Å². The van der Waals surface area contributed by atoms with Crippen LogP contribution in [-0.4, -0.2) is 27.4 Å². The molecule has 1 aliphatic rings. The molecule has 4 nitrogen and oxygen atoms in total. The van der Waals surface area contributed by atoms with Gasteiger partial charge in [-0.05, 0) is 36.5 Å². The minimum absolute atomic E-state index is 0.318. The largest absolute Gasteiger partial charge is 0.490 e. The van der Waals surface area contributed by atoms with Gasteiger partial charge in [-0.2, -0.15) is 16.9 Å². The van der Waals surface area contributed by atoms with Crippen LogP contribution in [0.25, 0.3) is 11.3 Å². The van der Waals surface area contributed by atoms with E-state index in [4.69, 9.17) is 10.5 Å². The Morgan fingerprint density at radius 3 is 2.75 bits per heavy atom. The molecule has 20 heavy (non-hydrogen) atoms. The highest BCUT2D eigenvalue weighted by atomic mass is 32.2. The third-order valence-corrected chi connectivity index (χ3v) is 4.59. The van der Waals surface area contributed by atoms with Crippen molar-refractivity contribution in [2.24, 2.45) is 7.05 Å². The molecule has 0 atom stereocenters. The molecular formula is C15H19N3OS. The van der Waals surface area contributed by atoms with Crippen molar-refractivity contribution in [1.29, 1.82) is 0 Å². The number of aryl methyl sites for hydroxylation is 1. The molecule has 2 aromatic rings. The zero-order valence-electron chi connectivity index (χ0n) is 11.6. The third kappa shape index (κ3) is 2.77. The smallest absolute Gasteiger partial charge is 0.129 e. The minimum Gasteiger partial charge on any atom is -0.490 e. The van der Waals surface area contributed by atoms with Crippen LogP contribution in [-0.2, 0) is 7.05 Å². The lowest BCUT2D eigenvalue weighted by atomic mass is 10.1. The van der Waals surface area contributed by atoms with E-state index in [1.807, 2.05) is 49.1 Å². The average Bonchev–Trinajstić information content (AvgIpc) is 2.80. The molecular weight excluding hydrogens is 270 g/mol. The summed E-state index contributed by atoms with van der Waals surface area (Å²) in [6.07, 6.45) is 2.55. The van der Waals surface area contributed by atoms with Crippen LogP contribution in [0.4, 0.5) is 5.82 Å². The number of anilines is 1. The van der Waals surface area contributed by atoms with Gasteiger partial charge in [-0.25, -0.2) is 0 Å². The SMILES string of the molecule is Cn1nc(-c2ccccc2OC2CCSCC2)cc1N. The van der Waals surface area contributed by atoms with Crippen molar-refractivity contribution in [3.8, 4) is 17.0 Å². The maximum atomic E-state index is 6.19. The lowest BCUT2D eigenvalue weighted by Crippen LogP contribution is -2.22. The van der Waals surface area contributed by atoms with Crippen LogP contribution >= 0.6 is 11.8 Å². The van der Waals surface area contributed by atoms with Crippen LogP contribution in [0, 0.1) is 0 Å². The molecule has 0 amide bonds. The molecule has 0 unspecified atom stereocenters. The number of nitrogen functional groups attached to an aromatic ring is 1. The molecule has 1 aromatic heterocycles. The summed E-state index contributed by atoms with van der Waals surface area (Å²) in [7, 11) is 1.85. The van der Waals surface area contributed by atoms with Crippen molar-refractivity contribution in [2.45, 2.75) is 18.9 Å². The predicted molar refractivity (Wildman–Crippen MR) is 84.0 cm³/mol. The summed E-state index contributed by atoms with van der Waals surface area (Å²) in [5, 5.41) is 4.44. The molecule has 2 N–H and O–H groups in total. The Bertz CT molecular complexity index is 571. The Morgan fingerprint density at radius 1 is 1.30 bits per heavy atom. The second-order valence-electron chi connectivity index (χ2n) is 5.00. The van der Waals surface area contributed by atoms with Gasteiger partial charge in [-0.15, -0.1) is 0 Å². The maximum Gasteiger partial charge on any atom is 0.129 e. The number of aromatic nitrogens is 2. The molecule has 0 bridgehead atoms. The highest BCUT2D eigenvalue weighted by Crippen LogP contribution is 2.32. The van der Waals surface area contributed by atoms with Gasteiger partial charge in [0.1, 0.15) is 17.7 Å². The number of para-hydroxylation sites is 1. The first kappa shape index (κ1) is 13.4. The number of thioether (sulfide) groups is 1. The molecule has 5 heteroatoms. The molecule has 3 rings (SSSR count). The van der Waals surface area contributed by atoms with E-state index >= 15 is 0 Å². The zero-order chi connectivity index (χ0) is 13.9. The fraction of sp³-hybridized carbons (Fsp3) is 0.400. The van der Waals surface area contributed by atoms with Gasteiger partial charge >= 0.3 is 0 Å². The summed E-state index contributed by atoms with van der Waals surface area (Å²) in [4.78, 5) is 0. The molecule has 0 saturated carbocycles. The average molecular weight is 289 g/mol. The summed E-state index contributed by atoms with van der Waals surface area (Å²) < 4.78 is 7.87. The second-order valence-corrected chi connectivity index (χ2v) is 6.23. The zero-order valence-corrected chi connectivity index (χ0v) is 12.4. The predicted octanol–water partition coefficient (Wildman–Crippen LogP) is 2.94. The minimum atomic E-state index is 0.318. The molecule has 1 aromatic carbocycles. The molecule has 1 aliphatic heterocycles. The number of hydrogen-bond donors (Lipinski definition) is 1. The first-order valence-electron chi connectivity index (χ1n) is 6.87. The summed E-state index contributed by atoms with van der Waals surface area (Å²) in [5.41, 5.74) is 7.75. The van der Waals surface area contributed by atoms with Crippen molar-refractivity contribution >= 4 is 17.6 Å². The fourth-order valence-electron chi connectivity index (χ4n) is 2.37. The van der Waals surface area contributed by atoms with Crippen molar-refractivity contribution in [3.05, 3.63) is 30.3 Å². The first-order valence-corrected chi connectivity index (χ1v) is 8.03. The highest BCUT2D eigenvalue weighted by Gasteiger charge is 2.18. The lowest BCUT2D eigenvalue weighted by Gasteiger charge is -2.23.